The predicted molar refractivity (Wildman–Crippen MR) is 66.4 cm³/mol. The molecule has 1 aromatic carbocycles. The van der Waals surface area contributed by atoms with Crippen molar-refractivity contribution in [1.82, 2.24) is 4.31 Å². The number of halogens is 3. The second-order valence-electron chi connectivity index (χ2n) is 3.82. The molecule has 0 aromatic heterocycles. The van der Waals surface area contributed by atoms with Crippen LogP contribution in [0.2, 0.25) is 5.02 Å². The van der Waals surface area contributed by atoms with Crippen molar-refractivity contribution in [1.29, 1.82) is 0 Å². The van der Waals surface area contributed by atoms with Gasteiger partial charge in [0.05, 0.1) is 11.6 Å². The molecule has 4 nitrogen and oxygen atoms in total. The molecule has 0 radical (unpaired) electrons. The number of sulfonamides is 1. The van der Waals surface area contributed by atoms with Gasteiger partial charge in [0.1, 0.15) is 4.90 Å². The highest BCUT2D eigenvalue weighted by molar-refractivity contribution is 7.89. The number of hydrogen-bond acceptors (Lipinski definition) is 3. The van der Waals surface area contributed by atoms with Crippen molar-refractivity contribution in [2.75, 3.05) is 19.3 Å². The van der Waals surface area contributed by atoms with Gasteiger partial charge in [-0.1, -0.05) is 11.6 Å². The van der Waals surface area contributed by atoms with E-state index in [-0.39, 0.29) is 15.6 Å². The Morgan fingerprint density at radius 1 is 1.44 bits per heavy atom. The molecule has 0 saturated heterocycles. The maximum atomic E-state index is 12.2. The Labute approximate surface area is 109 Å². The second kappa shape index (κ2) is 5.38. The van der Waals surface area contributed by atoms with Crippen LogP contribution in [-0.2, 0) is 10.0 Å². The minimum absolute atomic E-state index is 0.0391. The van der Waals surface area contributed by atoms with E-state index < -0.39 is 23.0 Å². The quantitative estimate of drug-likeness (QED) is 0.866. The lowest BCUT2D eigenvalue weighted by Crippen LogP contribution is -2.31. The summed E-state index contributed by atoms with van der Waals surface area (Å²) in [6.45, 7) is 0.771. The van der Waals surface area contributed by atoms with Crippen LogP contribution in [0.4, 0.5) is 14.5 Å². The van der Waals surface area contributed by atoms with Crippen LogP contribution in [0, 0.1) is 6.92 Å². The molecule has 0 aliphatic rings. The fraction of sp³-hybridized carbons (Fsp3) is 0.400. The minimum atomic E-state index is -4.06. The lowest BCUT2D eigenvalue weighted by Gasteiger charge is -2.18. The van der Waals surface area contributed by atoms with Gasteiger partial charge in [-0.15, -0.1) is 0 Å². The number of aryl methyl sites for hydroxylation is 1. The first kappa shape index (κ1) is 15.1. The first-order valence-corrected chi connectivity index (χ1v) is 6.78. The first-order valence-electron chi connectivity index (χ1n) is 4.96. The third kappa shape index (κ3) is 3.09. The van der Waals surface area contributed by atoms with Crippen molar-refractivity contribution in [3.63, 3.8) is 0 Å². The van der Waals surface area contributed by atoms with E-state index in [1.54, 1.807) is 6.92 Å². The molecule has 1 rings (SSSR count). The Balaban J connectivity index is 3.24. The monoisotopic (exact) mass is 298 g/mol. The van der Waals surface area contributed by atoms with Crippen molar-refractivity contribution >= 4 is 27.3 Å². The zero-order valence-electron chi connectivity index (χ0n) is 9.82. The Kier molecular flexibility index (Phi) is 4.52. The van der Waals surface area contributed by atoms with Crippen LogP contribution in [0.25, 0.3) is 0 Å². The van der Waals surface area contributed by atoms with Crippen LogP contribution in [0.15, 0.2) is 17.0 Å². The van der Waals surface area contributed by atoms with Gasteiger partial charge in [0.25, 0.3) is 6.43 Å². The summed E-state index contributed by atoms with van der Waals surface area (Å²) in [7, 11) is -3.00. The molecule has 0 saturated carbocycles. The van der Waals surface area contributed by atoms with Gasteiger partial charge in [0.15, 0.2) is 0 Å². The van der Waals surface area contributed by atoms with E-state index >= 15 is 0 Å². The van der Waals surface area contributed by atoms with Crippen molar-refractivity contribution in [2.24, 2.45) is 0 Å². The summed E-state index contributed by atoms with van der Waals surface area (Å²) >= 11 is 5.82. The number of nitrogens with two attached hydrogens (primary N) is 1. The maximum Gasteiger partial charge on any atom is 0.252 e. The predicted octanol–water partition coefficient (Wildman–Crippen LogP) is 2.12. The summed E-state index contributed by atoms with van der Waals surface area (Å²) in [4.78, 5) is -0.268. The van der Waals surface area contributed by atoms with E-state index in [1.165, 1.54) is 12.1 Å². The third-order valence-corrected chi connectivity index (χ3v) is 4.69. The van der Waals surface area contributed by atoms with E-state index in [0.717, 1.165) is 7.05 Å². The Morgan fingerprint density at radius 2 is 2.00 bits per heavy atom. The lowest BCUT2D eigenvalue weighted by molar-refractivity contribution is 0.126. The van der Waals surface area contributed by atoms with Crippen LogP contribution >= 0.6 is 11.6 Å². The number of alkyl halides is 2. The molecule has 1 aromatic rings. The molecule has 2 N–H and O–H groups in total. The molecule has 0 fully saturated rings. The molecule has 0 aliphatic carbocycles. The normalized spacial score (nSPS) is 12.4. The summed E-state index contributed by atoms with van der Waals surface area (Å²) in [5.41, 5.74) is 6.46. The van der Waals surface area contributed by atoms with E-state index in [2.05, 4.69) is 0 Å². The summed E-state index contributed by atoms with van der Waals surface area (Å²) in [5, 5.41) is -0.0391. The molecular weight excluding hydrogens is 286 g/mol. The Morgan fingerprint density at radius 3 is 2.50 bits per heavy atom. The fourth-order valence-corrected chi connectivity index (χ4v) is 3.06. The van der Waals surface area contributed by atoms with Gasteiger partial charge in [0, 0.05) is 12.7 Å². The van der Waals surface area contributed by atoms with E-state index in [4.69, 9.17) is 17.3 Å². The smallest absolute Gasteiger partial charge is 0.252 e. The topological polar surface area (TPSA) is 63.4 Å². The molecule has 0 unspecified atom stereocenters. The van der Waals surface area contributed by atoms with Crippen molar-refractivity contribution in [2.45, 2.75) is 18.2 Å². The van der Waals surface area contributed by atoms with Gasteiger partial charge in [-0.25, -0.2) is 17.2 Å². The lowest BCUT2D eigenvalue weighted by atomic mass is 10.2. The van der Waals surface area contributed by atoms with Gasteiger partial charge in [0.2, 0.25) is 10.0 Å². The molecule has 18 heavy (non-hydrogen) atoms. The maximum absolute atomic E-state index is 12.2. The number of hydrogen-bond donors (Lipinski definition) is 1. The highest BCUT2D eigenvalue weighted by atomic mass is 35.5. The molecule has 102 valence electrons. The minimum Gasteiger partial charge on any atom is -0.398 e. The molecule has 0 spiro atoms. The van der Waals surface area contributed by atoms with Gasteiger partial charge in [-0.05, 0) is 24.6 Å². The summed E-state index contributed by atoms with van der Waals surface area (Å²) in [6, 6.07) is 2.56. The van der Waals surface area contributed by atoms with Crippen LogP contribution in [0.5, 0.6) is 0 Å². The number of rotatable bonds is 4. The van der Waals surface area contributed by atoms with E-state index in [9.17, 15) is 17.2 Å². The van der Waals surface area contributed by atoms with E-state index in [0.29, 0.717) is 9.87 Å². The first-order chi connectivity index (χ1) is 8.16. The molecule has 0 bridgehead atoms. The van der Waals surface area contributed by atoms with Gasteiger partial charge in [-0.2, -0.15) is 4.31 Å². The number of nitrogen functional groups attached to an aromatic ring is 1. The number of benzene rings is 1. The zero-order chi connectivity index (χ0) is 14.1. The number of anilines is 1. The van der Waals surface area contributed by atoms with Gasteiger partial charge >= 0.3 is 0 Å². The molecule has 0 heterocycles. The Bertz CT molecular complexity index is 549. The van der Waals surface area contributed by atoms with Crippen LogP contribution in [0.1, 0.15) is 5.56 Å². The fourth-order valence-electron chi connectivity index (χ4n) is 1.33. The highest BCUT2D eigenvalue weighted by Crippen LogP contribution is 2.28. The highest BCUT2D eigenvalue weighted by Gasteiger charge is 2.26. The molecule has 0 atom stereocenters. The molecular formula is C10H13ClF2N2O2S. The summed E-state index contributed by atoms with van der Waals surface area (Å²) < 4.78 is 49.0. The molecule has 8 heteroatoms. The third-order valence-electron chi connectivity index (χ3n) is 2.40. The summed E-state index contributed by atoms with van der Waals surface area (Å²) in [5.74, 6) is 0. The van der Waals surface area contributed by atoms with Crippen LogP contribution < -0.4 is 5.73 Å². The average Bonchev–Trinajstić information content (AvgIpc) is 2.22. The molecule has 0 aliphatic heterocycles. The van der Waals surface area contributed by atoms with Crippen molar-refractivity contribution in [3.05, 3.63) is 22.7 Å². The van der Waals surface area contributed by atoms with Gasteiger partial charge < -0.3 is 5.73 Å². The molecule has 0 amide bonds. The Hall–Kier alpha value is -0.920. The largest absolute Gasteiger partial charge is 0.398 e. The SMILES string of the molecule is Cc1cc(Cl)c(S(=O)(=O)N(C)CC(F)F)cc1N. The van der Waals surface area contributed by atoms with Crippen LogP contribution in [-0.4, -0.2) is 32.7 Å². The standard InChI is InChI=1S/C10H13ClF2N2O2S/c1-6-3-7(11)9(4-8(6)14)18(16,17)15(2)5-10(12)13/h3-4,10H,5,14H2,1-2H3. The van der Waals surface area contributed by atoms with Gasteiger partial charge in [-0.3, -0.25) is 0 Å². The van der Waals surface area contributed by atoms with Crippen molar-refractivity contribution in [3.8, 4) is 0 Å². The second-order valence-corrected chi connectivity index (χ2v) is 6.24. The average molecular weight is 299 g/mol. The summed E-state index contributed by atoms with van der Waals surface area (Å²) in [6.07, 6.45) is -2.76. The van der Waals surface area contributed by atoms with Crippen molar-refractivity contribution < 1.29 is 17.2 Å². The zero-order valence-corrected chi connectivity index (χ0v) is 11.4. The van der Waals surface area contributed by atoms with E-state index in [1.807, 2.05) is 0 Å². The van der Waals surface area contributed by atoms with Crippen LogP contribution in [0.3, 0.4) is 0 Å². The number of nitrogens with zero attached hydrogens (tertiary/aromatic N) is 1.